The minimum absolute atomic E-state index is 0.263. The molecule has 2 aliphatic rings. The number of rotatable bonds is 3. The van der Waals surface area contributed by atoms with Crippen molar-refractivity contribution in [2.24, 2.45) is 5.92 Å². The second-order valence-corrected chi connectivity index (χ2v) is 6.82. The lowest BCUT2D eigenvalue weighted by atomic mass is 9.90. The Morgan fingerprint density at radius 2 is 1.57 bits per heavy atom. The molecule has 1 aromatic carbocycles. The van der Waals surface area contributed by atoms with Crippen molar-refractivity contribution < 1.29 is 4.79 Å². The molecule has 2 saturated heterocycles. The predicted octanol–water partition coefficient (Wildman–Crippen LogP) is 2.70. The van der Waals surface area contributed by atoms with Gasteiger partial charge in [0.25, 0.3) is 0 Å². The number of urea groups is 1. The van der Waals surface area contributed by atoms with Gasteiger partial charge in [0.05, 0.1) is 0 Å². The first kappa shape index (κ1) is 16.3. The fraction of sp³-hybridized carbons (Fsp3) is 0.632. The average Bonchev–Trinajstić information content (AvgIpc) is 2.63. The molecular formula is C19H29N3O. The van der Waals surface area contributed by atoms with Crippen LogP contribution in [0.25, 0.3) is 0 Å². The Balaban J connectivity index is 1.44. The Hall–Kier alpha value is -1.55. The molecule has 2 aliphatic heterocycles. The van der Waals surface area contributed by atoms with Gasteiger partial charge in [-0.1, -0.05) is 37.3 Å². The monoisotopic (exact) mass is 315 g/mol. The fourth-order valence-corrected chi connectivity index (χ4v) is 3.73. The Labute approximate surface area is 140 Å². The summed E-state index contributed by atoms with van der Waals surface area (Å²) in [6, 6.07) is 11.0. The summed E-state index contributed by atoms with van der Waals surface area (Å²) in [5.74, 6) is 0.721. The summed E-state index contributed by atoms with van der Waals surface area (Å²) in [6.45, 7) is 8.93. The van der Waals surface area contributed by atoms with Crippen molar-refractivity contribution in [2.45, 2.75) is 26.2 Å². The molecule has 0 radical (unpaired) electrons. The number of likely N-dealkylation sites (N-methyl/N-ethyl adjacent to an activating group) is 1. The molecule has 0 N–H and O–H groups in total. The van der Waals surface area contributed by atoms with Gasteiger partial charge >= 0.3 is 6.03 Å². The van der Waals surface area contributed by atoms with E-state index in [9.17, 15) is 4.79 Å². The molecule has 1 aromatic rings. The van der Waals surface area contributed by atoms with Gasteiger partial charge in [0.1, 0.15) is 0 Å². The first-order chi connectivity index (χ1) is 11.3. The Bertz CT molecular complexity index is 489. The number of carbonyl (C=O) groups is 1. The third-order valence-electron chi connectivity index (χ3n) is 5.34. The van der Waals surface area contributed by atoms with Gasteiger partial charge in [0, 0.05) is 39.3 Å². The number of likely N-dealkylation sites (tertiary alicyclic amines) is 1. The summed E-state index contributed by atoms with van der Waals surface area (Å²) in [5.41, 5.74) is 1.42. The van der Waals surface area contributed by atoms with E-state index in [2.05, 4.69) is 47.1 Å². The van der Waals surface area contributed by atoms with Crippen LogP contribution < -0.4 is 0 Å². The van der Waals surface area contributed by atoms with E-state index in [1.54, 1.807) is 0 Å². The lowest BCUT2D eigenvalue weighted by Gasteiger charge is -2.39. The van der Waals surface area contributed by atoms with Crippen LogP contribution in [-0.2, 0) is 6.42 Å². The van der Waals surface area contributed by atoms with E-state index in [0.29, 0.717) is 0 Å². The lowest BCUT2D eigenvalue weighted by Crippen LogP contribution is -2.54. The van der Waals surface area contributed by atoms with Crippen LogP contribution in [0.15, 0.2) is 30.3 Å². The molecule has 2 fully saturated rings. The molecule has 4 nitrogen and oxygen atoms in total. The third-order valence-corrected chi connectivity index (χ3v) is 5.34. The predicted molar refractivity (Wildman–Crippen MR) is 93.5 cm³/mol. The van der Waals surface area contributed by atoms with Crippen LogP contribution in [0.1, 0.15) is 25.3 Å². The molecule has 2 amide bonds. The molecule has 4 heteroatoms. The summed E-state index contributed by atoms with van der Waals surface area (Å²) in [5, 5.41) is 0. The molecule has 0 aliphatic carbocycles. The number of piperazine rings is 1. The van der Waals surface area contributed by atoms with E-state index in [1.807, 2.05) is 4.90 Å². The minimum atomic E-state index is 0.263. The van der Waals surface area contributed by atoms with Crippen molar-refractivity contribution in [1.82, 2.24) is 14.7 Å². The smallest absolute Gasteiger partial charge is 0.320 e. The molecular weight excluding hydrogens is 286 g/mol. The molecule has 0 bridgehead atoms. The molecule has 126 valence electrons. The number of nitrogens with zero attached hydrogens (tertiary/aromatic N) is 3. The van der Waals surface area contributed by atoms with E-state index in [1.165, 1.54) is 5.56 Å². The second-order valence-electron chi connectivity index (χ2n) is 6.82. The van der Waals surface area contributed by atoms with Crippen molar-refractivity contribution in [2.75, 3.05) is 45.8 Å². The van der Waals surface area contributed by atoms with E-state index in [0.717, 1.165) is 71.0 Å². The highest BCUT2D eigenvalue weighted by atomic mass is 16.2. The molecule has 23 heavy (non-hydrogen) atoms. The minimum Gasteiger partial charge on any atom is -0.325 e. The summed E-state index contributed by atoms with van der Waals surface area (Å²) < 4.78 is 0. The highest BCUT2D eigenvalue weighted by Crippen LogP contribution is 2.22. The molecule has 0 unspecified atom stereocenters. The molecule has 0 aromatic heterocycles. The van der Waals surface area contributed by atoms with Gasteiger partial charge < -0.3 is 14.7 Å². The standard InChI is InChI=1S/C19H29N3O/c1-2-20-12-14-22(15-13-20)19(23)21-10-8-18(9-11-21)16-17-6-4-3-5-7-17/h3-7,18H,2,8-16H2,1H3. The molecule has 0 spiro atoms. The van der Waals surface area contributed by atoms with Gasteiger partial charge in [-0.05, 0) is 37.3 Å². The van der Waals surface area contributed by atoms with E-state index >= 15 is 0 Å². The SMILES string of the molecule is CCN1CCN(C(=O)N2CCC(Cc3ccccc3)CC2)CC1. The van der Waals surface area contributed by atoms with Gasteiger partial charge in [0.15, 0.2) is 0 Å². The summed E-state index contributed by atoms with van der Waals surface area (Å²) in [6.07, 6.45) is 3.42. The van der Waals surface area contributed by atoms with Gasteiger partial charge in [0.2, 0.25) is 0 Å². The number of benzene rings is 1. The van der Waals surface area contributed by atoms with Crippen LogP contribution >= 0.6 is 0 Å². The first-order valence-electron chi connectivity index (χ1n) is 9.06. The highest BCUT2D eigenvalue weighted by Gasteiger charge is 2.28. The molecule has 0 saturated carbocycles. The van der Waals surface area contributed by atoms with Crippen LogP contribution in [0.2, 0.25) is 0 Å². The quantitative estimate of drug-likeness (QED) is 0.857. The number of carbonyl (C=O) groups excluding carboxylic acids is 1. The van der Waals surface area contributed by atoms with Crippen molar-refractivity contribution in [1.29, 1.82) is 0 Å². The van der Waals surface area contributed by atoms with Crippen LogP contribution in [0.4, 0.5) is 4.79 Å². The summed E-state index contributed by atoms with van der Waals surface area (Å²) in [7, 11) is 0. The maximum atomic E-state index is 12.6. The average molecular weight is 315 g/mol. The largest absolute Gasteiger partial charge is 0.325 e. The normalized spacial score (nSPS) is 20.7. The second kappa shape index (κ2) is 7.82. The number of piperidine rings is 1. The Kier molecular flexibility index (Phi) is 5.55. The molecule has 2 heterocycles. The van der Waals surface area contributed by atoms with E-state index < -0.39 is 0 Å². The van der Waals surface area contributed by atoms with Crippen molar-refractivity contribution in [3.8, 4) is 0 Å². The van der Waals surface area contributed by atoms with Gasteiger partial charge in [-0.3, -0.25) is 0 Å². The lowest BCUT2D eigenvalue weighted by molar-refractivity contribution is 0.103. The molecule has 3 rings (SSSR count). The number of hydrogen-bond acceptors (Lipinski definition) is 2. The topological polar surface area (TPSA) is 26.8 Å². The van der Waals surface area contributed by atoms with Gasteiger partial charge in [-0.25, -0.2) is 4.79 Å². The fourth-order valence-electron chi connectivity index (χ4n) is 3.73. The maximum Gasteiger partial charge on any atom is 0.320 e. The zero-order valence-electron chi connectivity index (χ0n) is 14.3. The maximum absolute atomic E-state index is 12.6. The van der Waals surface area contributed by atoms with Gasteiger partial charge in [-0.2, -0.15) is 0 Å². The Morgan fingerprint density at radius 3 is 2.17 bits per heavy atom. The number of amides is 2. The van der Waals surface area contributed by atoms with Crippen molar-refractivity contribution >= 4 is 6.03 Å². The zero-order chi connectivity index (χ0) is 16.1. The van der Waals surface area contributed by atoms with E-state index in [4.69, 9.17) is 0 Å². The van der Waals surface area contributed by atoms with Crippen molar-refractivity contribution in [3.05, 3.63) is 35.9 Å². The highest BCUT2D eigenvalue weighted by molar-refractivity contribution is 5.74. The zero-order valence-corrected chi connectivity index (χ0v) is 14.3. The third kappa shape index (κ3) is 4.25. The van der Waals surface area contributed by atoms with Crippen LogP contribution in [0, 0.1) is 5.92 Å². The van der Waals surface area contributed by atoms with Crippen LogP contribution in [-0.4, -0.2) is 66.5 Å². The Morgan fingerprint density at radius 1 is 0.957 bits per heavy atom. The van der Waals surface area contributed by atoms with Gasteiger partial charge in [-0.15, -0.1) is 0 Å². The van der Waals surface area contributed by atoms with E-state index in [-0.39, 0.29) is 6.03 Å². The molecule has 0 atom stereocenters. The summed E-state index contributed by atoms with van der Waals surface area (Å²) >= 11 is 0. The first-order valence-corrected chi connectivity index (χ1v) is 9.06. The number of hydrogen-bond donors (Lipinski definition) is 0. The summed E-state index contributed by atoms with van der Waals surface area (Å²) in [4.78, 5) is 19.2. The van der Waals surface area contributed by atoms with Crippen LogP contribution in [0.3, 0.4) is 0 Å². The van der Waals surface area contributed by atoms with Crippen LogP contribution in [0.5, 0.6) is 0 Å². The van der Waals surface area contributed by atoms with Crippen molar-refractivity contribution in [3.63, 3.8) is 0 Å².